The molecule has 2 aromatic rings. The number of benzene rings is 1. The minimum atomic E-state index is 0.0869. The highest BCUT2D eigenvalue weighted by Gasteiger charge is 2.39. The molecular formula is C13H16N2O2. The fraction of sp³-hybridized carbons (Fsp3) is 0.462. The lowest BCUT2D eigenvalue weighted by atomic mass is 9.76. The van der Waals surface area contributed by atoms with E-state index in [0.717, 1.165) is 30.7 Å². The van der Waals surface area contributed by atoms with Gasteiger partial charge >= 0.3 is 0 Å². The van der Waals surface area contributed by atoms with Gasteiger partial charge in [0.2, 0.25) is 0 Å². The molecular weight excluding hydrogens is 216 g/mol. The van der Waals surface area contributed by atoms with Crippen molar-refractivity contribution in [2.24, 2.45) is 5.73 Å². The third-order valence-electron chi connectivity index (χ3n) is 3.49. The average Bonchev–Trinajstić information content (AvgIpc) is 2.62. The zero-order valence-corrected chi connectivity index (χ0v) is 9.90. The number of aromatic nitrogens is 1. The molecule has 4 nitrogen and oxygen atoms in total. The van der Waals surface area contributed by atoms with Gasteiger partial charge in [-0.3, -0.25) is 0 Å². The number of oxazole rings is 1. The molecule has 3 rings (SSSR count). The third-order valence-corrected chi connectivity index (χ3v) is 3.49. The van der Waals surface area contributed by atoms with Crippen LogP contribution in [-0.2, 0) is 10.2 Å². The molecule has 1 fully saturated rings. The topological polar surface area (TPSA) is 61.3 Å². The predicted octanol–water partition coefficient (Wildman–Crippen LogP) is 1.75. The van der Waals surface area contributed by atoms with Crippen LogP contribution in [0, 0.1) is 6.92 Å². The van der Waals surface area contributed by atoms with Crippen LogP contribution in [0.25, 0.3) is 11.1 Å². The largest absolute Gasteiger partial charge is 0.441 e. The Morgan fingerprint density at radius 2 is 2.24 bits per heavy atom. The lowest BCUT2D eigenvalue weighted by molar-refractivity contribution is -0.0630. The molecule has 2 N–H and O–H groups in total. The number of nitrogens with two attached hydrogens (primary N) is 1. The smallest absolute Gasteiger partial charge is 0.192 e. The van der Waals surface area contributed by atoms with Gasteiger partial charge < -0.3 is 14.9 Å². The van der Waals surface area contributed by atoms with E-state index < -0.39 is 0 Å². The van der Waals surface area contributed by atoms with Crippen LogP contribution in [0.5, 0.6) is 0 Å². The van der Waals surface area contributed by atoms with E-state index in [0.29, 0.717) is 12.4 Å². The maximum absolute atomic E-state index is 5.69. The summed E-state index contributed by atoms with van der Waals surface area (Å²) in [5, 5.41) is 0. The molecule has 0 spiro atoms. The highest BCUT2D eigenvalue weighted by molar-refractivity contribution is 5.73. The van der Waals surface area contributed by atoms with Crippen molar-refractivity contribution in [3.63, 3.8) is 0 Å². The standard InChI is InChI=1S/C13H16N2O2/c1-9-15-11-3-2-10(6-12(11)17-9)13(4-5-14)7-16-8-13/h2-3,6H,4-5,7-8,14H2,1H3. The summed E-state index contributed by atoms with van der Waals surface area (Å²) in [5.74, 6) is 0.704. The van der Waals surface area contributed by atoms with Gasteiger partial charge in [0.05, 0.1) is 13.2 Å². The van der Waals surface area contributed by atoms with Gasteiger partial charge in [-0.1, -0.05) is 6.07 Å². The zero-order valence-electron chi connectivity index (χ0n) is 9.90. The molecule has 0 unspecified atom stereocenters. The van der Waals surface area contributed by atoms with Gasteiger partial charge in [0, 0.05) is 12.3 Å². The molecule has 1 aliphatic rings. The Morgan fingerprint density at radius 3 is 2.88 bits per heavy atom. The molecule has 1 aromatic carbocycles. The molecule has 1 aromatic heterocycles. The molecule has 0 radical (unpaired) electrons. The predicted molar refractivity (Wildman–Crippen MR) is 64.9 cm³/mol. The quantitative estimate of drug-likeness (QED) is 0.875. The SMILES string of the molecule is Cc1nc2ccc(C3(CCN)COC3)cc2o1. The third kappa shape index (κ3) is 1.64. The van der Waals surface area contributed by atoms with Crippen molar-refractivity contribution in [2.45, 2.75) is 18.8 Å². The summed E-state index contributed by atoms with van der Waals surface area (Å²) in [6.07, 6.45) is 0.950. The summed E-state index contributed by atoms with van der Waals surface area (Å²) in [7, 11) is 0. The minimum absolute atomic E-state index is 0.0869. The lowest BCUT2D eigenvalue weighted by Gasteiger charge is -2.41. The van der Waals surface area contributed by atoms with Crippen molar-refractivity contribution in [1.29, 1.82) is 0 Å². The number of hydrogen-bond acceptors (Lipinski definition) is 4. The molecule has 1 saturated heterocycles. The Labute approximate surface area is 99.8 Å². The Hall–Kier alpha value is -1.39. The second kappa shape index (κ2) is 3.82. The van der Waals surface area contributed by atoms with E-state index in [1.54, 1.807) is 0 Å². The average molecular weight is 232 g/mol. The van der Waals surface area contributed by atoms with Gasteiger partial charge in [-0.2, -0.15) is 0 Å². The monoisotopic (exact) mass is 232 g/mol. The van der Waals surface area contributed by atoms with Gasteiger partial charge in [-0.25, -0.2) is 4.98 Å². The normalized spacial score (nSPS) is 18.2. The van der Waals surface area contributed by atoms with E-state index >= 15 is 0 Å². The molecule has 90 valence electrons. The number of fused-ring (bicyclic) bond motifs is 1. The van der Waals surface area contributed by atoms with Crippen molar-refractivity contribution >= 4 is 11.1 Å². The summed E-state index contributed by atoms with van der Waals surface area (Å²) >= 11 is 0. The lowest BCUT2D eigenvalue weighted by Crippen LogP contribution is -2.48. The van der Waals surface area contributed by atoms with Crippen LogP contribution in [0.15, 0.2) is 22.6 Å². The summed E-state index contributed by atoms with van der Waals surface area (Å²) in [4.78, 5) is 4.30. The van der Waals surface area contributed by atoms with Crippen molar-refractivity contribution in [2.75, 3.05) is 19.8 Å². The van der Waals surface area contributed by atoms with E-state index in [-0.39, 0.29) is 5.41 Å². The van der Waals surface area contributed by atoms with Crippen molar-refractivity contribution in [1.82, 2.24) is 4.98 Å². The maximum Gasteiger partial charge on any atom is 0.192 e. The molecule has 0 saturated carbocycles. The second-order valence-corrected chi connectivity index (χ2v) is 4.73. The van der Waals surface area contributed by atoms with Gasteiger partial charge in [-0.05, 0) is 30.7 Å². The Balaban J connectivity index is 2.04. The van der Waals surface area contributed by atoms with Gasteiger partial charge in [0.25, 0.3) is 0 Å². The first-order chi connectivity index (χ1) is 8.23. The molecule has 0 aliphatic carbocycles. The highest BCUT2D eigenvalue weighted by atomic mass is 16.5. The second-order valence-electron chi connectivity index (χ2n) is 4.73. The van der Waals surface area contributed by atoms with Crippen molar-refractivity contribution in [3.8, 4) is 0 Å². The van der Waals surface area contributed by atoms with E-state index in [1.807, 2.05) is 13.0 Å². The Kier molecular flexibility index (Phi) is 2.42. The van der Waals surface area contributed by atoms with Gasteiger partial charge in [0.15, 0.2) is 11.5 Å². The van der Waals surface area contributed by atoms with Crippen LogP contribution >= 0.6 is 0 Å². The first-order valence-electron chi connectivity index (χ1n) is 5.89. The van der Waals surface area contributed by atoms with Crippen LogP contribution in [0.1, 0.15) is 17.9 Å². The molecule has 0 amide bonds. The first-order valence-corrected chi connectivity index (χ1v) is 5.89. The Bertz CT molecular complexity index is 543. The molecule has 0 atom stereocenters. The van der Waals surface area contributed by atoms with Crippen LogP contribution in [0.4, 0.5) is 0 Å². The summed E-state index contributed by atoms with van der Waals surface area (Å²) in [6.45, 7) is 4.05. The summed E-state index contributed by atoms with van der Waals surface area (Å²) in [6, 6.07) is 6.20. The van der Waals surface area contributed by atoms with Gasteiger partial charge in [-0.15, -0.1) is 0 Å². The fourth-order valence-corrected chi connectivity index (χ4v) is 2.45. The number of nitrogens with zero attached hydrogens (tertiary/aromatic N) is 1. The first kappa shape index (κ1) is 10.7. The number of ether oxygens (including phenoxy) is 1. The van der Waals surface area contributed by atoms with Crippen LogP contribution in [0.3, 0.4) is 0 Å². The van der Waals surface area contributed by atoms with Gasteiger partial charge in [0.1, 0.15) is 5.52 Å². The molecule has 17 heavy (non-hydrogen) atoms. The number of rotatable bonds is 3. The zero-order chi connectivity index (χ0) is 11.9. The van der Waals surface area contributed by atoms with E-state index in [4.69, 9.17) is 14.9 Å². The van der Waals surface area contributed by atoms with Crippen LogP contribution in [0.2, 0.25) is 0 Å². The molecule has 1 aliphatic heterocycles. The molecule has 4 heteroatoms. The minimum Gasteiger partial charge on any atom is -0.441 e. The number of hydrogen-bond donors (Lipinski definition) is 1. The number of aryl methyl sites for hydroxylation is 1. The highest BCUT2D eigenvalue weighted by Crippen LogP contribution is 2.36. The van der Waals surface area contributed by atoms with Crippen molar-refractivity contribution < 1.29 is 9.15 Å². The summed E-state index contributed by atoms with van der Waals surface area (Å²) < 4.78 is 10.9. The molecule has 0 bridgehead atoms. The van der Waals surface area contributed by atoms with Crippen LogP contribution in [-0.4, -0.2) is 24.7 Å². The molecule has 2 heterocycles. The van der Waals surface area contributed by atoms with E-state index in [1.165, 1.54) is 5.56 Å². The Morgan fingerprint density at radius 1 is 1.41 bits per heavy atom. The fourth-order valence-electron chi connectivity index (χ4n) is 2.45. The maximum atomic E-state index is 5.69. The summed E-state index contributed by atoms with van der Waals surface area (Å²) in [5.41, 5.74) is 8.78. The van der Waals surface area contributed by atoms with Crippen LogP contribution < -0.4 is 5.73 Å². The van der Waals surface area contributed by atoms with Crippen molar-refractivity contribution in [3.05, 3.63) is 29.7 Å². The van der Waals surface area contributed by atoms with E-state index in [9.17, 15) is 0 Å². The van der Waals surface area contributed by atoms with E-state index in [2.05, 4.69) is 17.1 Å².